The Morgan fingerprint density at radius 1 is 1.16 bits per heavy atom. The van der Waals surface area contributed by atoms with Crippen LogP contribution in [0, 0.1) is 0 Å². The molecule has 2 heterocycles. The Hall–Kier alpha value is -2.56. The Bertz CT molecular complexity index is 694. The molecule has 0 unspecified atom stereocenters. The summed E-state index contributed by atoms with van der Waals surface area (Å²) in [7, 11) is 1.67. The van der Waals surface area contributed by atoms with E-state index in [4.69, 9.17) is 4.74 Å². The molecule has 0 bridgehead atoms. The fourth-order valence-corrected chi connectivity index (χ4v) is 3.08. The first kappa shape index (κ1) is 17.3. The fraction of sp³-hybridized carbons (Fsp3) is 0.400. The molecule has 1 amide bonds. The van der Waals surface area contributed by atoms with Gasteiger partial charge >= 0.3 is 0 Å². The third-order valence-corrected chi connectivity index (χ3v) is 4.53. The van der Waals surface area contributed by atoms with Crippen molar-refractivity contribution < 1.29 is 9.53 Å². The number of hydrogen-bond donors (Lipinski definition) is 1. The van der Waals surface area contributed by atoms with E-state index in [0.717, 1.165) is 50.3 Å². The number of anilines is 1. The summed E-state index contributed by atoms with van der Waals surface area (Å²) in [6, 6.07) is 9.96. The molecule has 1 aromatic carbocycles. The molecule has 1 aliphatic rings. The Morgan fingerprint density at radius 3 is 2.64 bits per heavy atom. The van der Waals surface area contributed by atoms with Crippen LogP contribution < -0.4 is 10.1 Å². The first-order valence-corrected chi connectivity index (χ1v) is 8.87. The van der Waals surface area contributed by atoms with Gasteiger partial charge in [0.2, 0.25) is 0 Å². The zero-order valence-electron chi connectivity index (χ0n) is 14.7. The number of carbonyl (C=O) groups excluding carboxylic acids is 1. The van der Waals surface area contributed by atoms with E-state index < -0.39 is 0 Å². The van der Waals surface area contributed by atoms with E-state index in [1.54, 1.807) is 19.5 Å². The van der Waals surface area contributed by atoms with E-state index in [2.05, 4.69) is 22.4 Å². The van der Waals surface area contributed by atoms with Gasteiger partial charge in [-0.05, 0) is 49.4 Å². The van der Waals surface area contributed by atoms with Gasteiger partial charge in [-0.2, -0.15) is 0 Å². The summed E-state index contributed by atoms with van der Waals surface area (Å²) in [5.74, 6) is 0.954. The van der Waals surface area contributed by atoms with Crippen molar-refractivity contribution in [1.82, 2.24) is 9.88 Å². The normalized spacial score (nSPS) is 14.2. The number of nitrogens with one attached hydrogen (secondary N) is 1. The monoisotopic (exact) mass is 339 g/mol. The smallest absolute Gasteiger partial charge is 0.255 e. The molecule has 5 nitrogen and oxygen atoms in total. The number of carbonyl (C=O) groups is 1. The van der Waals surface area contributed by atoms with E-state index in [1.807, 2.05) is 23.1 Å². The Labute approximate surface area is 149 Å². The lowest BCUT2D eigenvalue weighted by Gasteiger charge is -2.26. The van der Waals surface area contributed by atoms with Crippen LogP contribution in [-0.2, 0) is 6.42 Å². The molecule has 1 saturated heterocycles. The second-order valence-electron chi connectivity index (χ2n) is 6.34. The lowest BCUT2D eigenvalue weighted by atomic mass is 10.1. The molecule has 0 aliphatic carbocycles. The number of rotatable bonds is 6. The Kier molecular flexibility index (Phi) is 5.88. The minimum atomic E-state index is 0.0889. The molecule has 0 spiro atoms. The largest absolute Gasteiger partial charge is 0.497 e. The van der Waals surface area contributed by atoms with Crippen LogP contribution in [0.1, 0.15) is 35.2 Å². The van der Waals surface area contributed by atoms with Gasteiger partial charge in [0.05, 0.1) is 18.4 Å². The van der Waals surface area contributed by atoms with Gasteiger partial charge in [-0.3, -0.25) is 9.78 Å². The van der Waals surface area contributed by atoms with Gasteiger partial charge in [0, 0.05) is 32.0 Å². The summed E-state index contributed by atoms with van der Waals surface area (Å²) < 4.78 is 5.17. The van der Waals surface area contributed by atoms with Crippen LogP contribution in [0.3, 0.4) is 0 Å². The lowest BCUT2D eigenvalue weighted by Crippen LogP contribution is -2.35. The van der Waals surface area contributed by atoms with Crippen LogP contribution in [0.5, 0.6) is 5.75 Å². The summed E-state index contributed by atoms with van der Waals surface area (Å²) >= 11 is 0. The van der Waals surface area contributed by atoms with Crippen molar-refractivity contribution in [2.75, 3.05) is 32.1 Å². The number of ether oxygens (including phenoxy) is 1. The van der Waals surface area contributed by atoms with E-state index >= 15 is 0 Å². The molecule has 0 saturated carbocycles. The van der Waals surface area contributed by atoms with Crippen molar-refractivity contribution in [3.63, 3.8) is 0 Å². The molecule has 132 valence electrons. The molecule has 0 atom stereocenters. The third-order valence-electron chi connectivity index (χ3n) is 4.53. The third kappa shape index (κ3) is 4.72. The number of methoxy groups -OCH3 is 1. The average Bonchev–Trinajstić information content (AvgIpc) is 2.69. The second-order valence-corrected chi connectivity index (χ2v) is 6.34. The molecule has 1 fully saturated rings. The van der Waals surface area contributed by atoms with E-state index in [0.29, 0.717) is 5.56 Å². The summed E-state index contributed by atoms with van der Waals surface area (Å²) in [5.41, 5.74) is 2.79. The van der Waals surface area contributed by atoms with E-state index in [-0.39, 0.29) is 5.91 Å². The van der Waals surface area contributed by atoms with Gasteiger partial charge in [-0.15, -0.1) is 0 Å². The van der Waals surface area contributed by atoms with E-state index in [9.17, 15) is 4.79 Å². The van der Waals surface area contributed by atoms with Gasteiger partial charge in [0.15, 0.2) is 0 Å². The molecule has 25 heavy (non-hydrogen) atoms. The number of pyridine rings is 1. The van der Waals surface area contributed by atoms with Crippen LogP contribution in [0.25, 0.3) is 0 Å². The number of aromatic nitrogens is 1. The number of hydrogen-bond acceptors (Lipinski definition) is 4. The topological polar surface area (TPSA) is 54.5 Å². The second kappa shape index (κ2) is 8.51. The summed E-state index contributed by atoms with van der Waals surface area (Å²) in [5, 5.41) is 3.36. The highest BCUT2D eigenvalue weighted by Gasteiger charge is 2.18. The van der Waals surface area contributed by atoms with Crippen molar-refractivity contribution in [2.24, 2.45) is 0 Å². The van der Waals surface area contributed by atoms with Gasteiger partial charge in [-0.25, -0.2) is 0 Å². The van der Waals surface area contributed by atoms with Crippen LogP contribution in [0.2, 0.25) is 0 Å². The minimum Gasteiger partial charge on any atom is -0.497 e. The maximum absolute atomic E-state index is 12.6. The van der Waals surface area contributed by atoms with Gasteiger partial charge in [0.25, 0.3) is 5.91 Å². The number of benzene rings is 1. The van der Waals surface area contributed by atoms with Crippen LogP contribution >= 0.6 is 0 Å². The lowest BCUT2D eigenvalue weighted by molar-refractivity contribution is 0.0724. The summed E-state index contributed by atoms with van der Waals surface area (Å²) in [6.07, 6.45) is 7.73. The molecule has 2 aromatic rings. The highest BCUT2D eigenvalue weighted by atomic mass is 16.5. The van der Waals surface area contributed by atoms with Crippen molar-refractivity contribution >= 4 is 11.6 Å². The first-order chi connectivity index (χ1) is 12.3. The molecule has 1 aliphatic heterocycles. The molecule has 3 rings (SSSR count). The predicted molar refractivity (Wildman–Crippen MR) is 99.2 cm³/mol. The molecule has 5 heteroatoms. The molecule has 0 radical (unpaired) electrons. The molecular formula is C20H25N3O2. The van der Waals surface area contributed by atoms with Crippen molar-refractivity contribution in [1.29, 1.82) is 0 Å². The molecular weight excluding hydrogens is 314 g/mol. The van der Waals surface area contributed by atoms with Crippen LogP contribution in [-0.4, -0.2) is 42.5 Å². The van der Waals surface area contributed by atoms with Crippen molar-refractivity contribution in [3.05, 3.63) is 53.9 Å². The average molecular weight is 339 g/mol. The standard InChI is InChI=1S/C20H25N3O2/c1-25-19-7-5-16(6-8-19)9-10-22-18-13-17(14-21-15-18)20(24)23-11-3-2-4-12-23/h5-8,13-15,22H,2-4,9-12H2,1H3. The van der Waals surface area contributed by atoms with Gasteiger partial charge in [0.1, 0.15) is 5.75 Å². The fourth-order valence-electron chi connectivity index (χ4n) is 3.08. The zero-order chi connectivity index (χ0) is 17.5. The maximum atomic E-state index is 12.6. The highest BCUT2D eigenvalue weighted by molar-refractivity contribution is 5.94. The molecule has 1 N–H and O–H groups in total. The van der Waals surface area contributed by atoms with Gasteiger partial charge < -0.3 is 15.0 Å². The zero-order valence-corrected chi connectivity index (χ0v) is 14.7. The summed E-state index contributed by atoms with van der Waals surface area (Å²) in [4.78, 5) is 18.7. The van der Waals surface area contributed by atoms with Crippen LogP contribution in [0.4, 0.5) is 5.69 Å². The Balaban J connectivity index is 1.54. The van der Waals surface area contributed by atoms with Gasteiger partial charge in [-0.1, -0.05) is 12.1 Å². The summed E-state index contributed by atoms with van der Waals surface area (Å²) in [6.45, 7) is 2.50. The van der Waals surface area contributed by atoms with Crippen LogP contribution in [0.15, 0.2) is 42.7 Å². The molecule has 1 aromatic heterocycles. The number of nitrogens with zero attached hydrogens (tertiary/aromatic N) is 2. The minimum absolute atomic E-state index is 0.0889. The van der Waals surface area contributed by atoms with Crippen molar-refractivity contribution in [2.45, 2.75) is 25.7 Å². The SMILES string of the molecule is COc1ccc(CCNc2cncc(C(=O)N3CCCCC3)c2)cc1. The quantitative estimate of drug-likeness (QED) is 0.877. The predicted octanol–water partition coefficient (Wildman–Crippen LogP) is 3.37. The first-order valence-electron chi connectivity index (χ1n) is 8.87. The number of amides is 1. The number of piperidine rings is 1. The van der Waals surface area contributed by atoms with Crippen molar-refractivity contribution in [3.8, 4) is 5.75 Å². The Morgan fingerprint density at radius 2 is 1.92 bits per heavy atom. The number of likely N-dealkylation sites (tertiary alicyclic amines) is 1. The van der Waals surface area contributed by atoms with E-state index in [1.165, 1.54) is 12.0 Å². The highest BCUT2D eigenvalue weighted by Crippen LogP contribution is 2.16. The maximum Gasteiger partial charge on any atom is 0.255 e.